The summed E-state index contributed by atoms with van der Waals surface area (Å²) in [5.41, 5.74) is 1.22. The molecule has 0 bridgehead atoms. The topological polar surface area (TPSA) is 83.6 Å². The van der Waals surface area contributed by atoms with Crippen molar-refractivity contribution in [1.82, 2.24) is 0 Å². The molecule has 2 aromatic carbocycles. The lowest BCUT2D eigenvalue weighted by atomic mass is 10.2. The molecular weight excluding hydrogens is 399 g/mol. The molecule has 0 aliphatic heterocycles. The van der Waals surface area contributed by atoms with Gasteiger partial charge in [0, 0.05) is 17.6 Å². The second kappa shape index (κ2) is 8.07. The van der Waals surface area contributed by atoms with Gasteiger partial charge in [0.05, 0.1) is 10.6 Å². The molecule has 1 amide bonds. The number of anilines is 2. The molecule has 138 valence electrons. The van der Waals surface area contributed by atoms with Crippen molar-refractivity contribution in [2.45, 2.75) is 18.7 Å². The molecule has 26 heavy (non-hydrogen) atoms. The Hall–Kier alpha value is -2.09. The van der Waals surface area contributed by atoms with Crippen molar-refractivity contribution in [2.24, 2.45) is 0 Å². The minimum atomic E-state index is -4.08. The van der Waals surface area contributed by atoms with Crippen LogP contribution < -0.4 is 9.62 Å². The first-order chi connectivity index (χ1) is 12.1. The zero-order valence-corrected chi connectivity index (χ0v) is 16.3. The Morgan fingerprint density at radius 3 is 2.27 bits per heavy atom. The number of benzene rings is 2. The summed E-state index contributed by atoms with van der Waals surface area (Å²) in [6.07, 6.45) is 0. The van der Waals surface area contributed by atoms with Gasteiger partial charge in [0.15, 0.2) is 0 Å². The van der Waals surface area contributed by atoms with Gasteiger partial charge in [-0.2, -0.15) is 0 Å². The lowest BCUT2D eigenvalue weighted by molar-refractivity contribution is -0.114. The van der Waals surface area contributed by atoms with E-state index >= 15 is 0 Å². The van der Waals surface area contributed by atoms with Crippen molar-refractivity contribution in [2.75, 3.05) is 16.2 Å². The minimum absolute atomic E-state index is 0.0519. The maximum atomic E-state index is 13.0. The molecule has 2 rings (SSSR count). The molecule has 0 heterocycles. The molecule has 0 aliphatic carbocycles. The lowest BCUT2D eigenvalue weighted by Gasteiger charge is -2.25. The third-order valence-corrected chi connectivity index (χ3v) is 5.84. The first-order valence-electron chi connectivity index (χ1n) is 7.47. The van der Waals surface area contributed by atoms with Crippen LogP contribution in [0.2, 0.25) is 5.02 Å². The van der Waals surface area contributed by atoms with Gasteiger partial charge < -0.3 is 5.32 Å². The van der Waals surface area contributed by atoms with Gasteiger partial charge in [0.2, 0.25) is 11.1 Å². The molecule has 2 aromatic rings. The highest BCUT2D eigenvalue weighted by atomic mass is 35.5. The standard InChI is InChI=1S/C17H16Cl2N2O4S/c1-11-15(18)4-3-5-16(11)21(10-17(19)23)26(24,25)14-8-6-13(7-9-14)20-12(2)22/h3-9H,10H2,1-2H3,(H,20,22). The number of hydrogen-bond donors (Lipinski definition) is 1. The minimum Gasteiger partial charge on any atom is -0.326 e. The summed E-state index contributed by atoms with van der Waals surface area (Å²) >= 11 is 11.5. The molecular formula is C17H16Cl2N2O4S. The summed E-state index contributed by atoms with van der Waals surface area (Å²) in [7, 11) is -4.08. The fourth-order valence-corrected chi connectivity index (χ4v) is 4.16. The molecule has 0 saturated heterocycles. The van der Waals surface area contributed by atoms with Crippen LogP contribution in [0.4, 0.5) is 11.4 Å². The van der Waals surface area contributed by atoms with Crippen molar-refractivity contribution in [3.05, 3.63) is 53.1 Å². The largest absolute Gasteiger partial charge is 0.326 e. The Labute approximate surface area is 161 Å². The Morgan fingerprint density at radius 2 is 1.73 bits per heavy atom. The average molecular weight is 415 g/mol. The van der Waals surface area contributed by atoms with E-state index in [4.69, 9.17) is 23.2 Å². The van der Waals surface area contributed by atoms with Crippen LogP contribution in [0, 0.1) is 6.92 Å². The van der Waals surface area contributed by atoms with E-state index < -0.39 is 21.8 Å². The number of carbonyl (C=O) groups is 2. The third kappa shape index (κ3) is 4.55. The molecule has 1 N–H and O–H groups in total. The molecule has 0 saturated carbocycles. The number of carbonyl (C=O) groups excluding carboxylic acids is 2. The fraction of sp³-hybridized carbons (Fsp3) is 0.176. The van der Waals surface area contributed by atoms with E-state index in [2.05, 4.69) is 5.32 Å². The van der Waals surface area contributed by atoms with Gasteiger partial charge in [-0.1, -0.05) is 17.7 Å². The molecule has 0 fully saturated rings. The van der Waals surface area contributed by atoms with Gasteiger partial charge in [-0.3, -0.25) is 13.9 Å². The smallest absolute Gasteiger partial charge is 0.264 e. The van der Waals surface area contributed by atoms with Crippen LogP contribution in [0.15, 0.2) is 47.4 Å². The van der Waals surface area contributed by atoms with E-state index in [1.54, 1.807) is 25.1 Å². The second-order valence-corrected chi connectivity index (χ2v) is 8.15. The Kier molecular flexibility index (Phi) is 6.28. The number of nitrogens with one attached hydrogen (secondary N) is 1. The summed E-state index contributed by atoms with van der Waals surface area (Å²) in [6, 6.07) is 10.4. The van der Waals surface area contributed by atoms with Gasteiger partial charge in [0.25, 0.3) is 10.0 Å². The van der Waals surface area contributed by atoms with Crippen LogP contribution in [-0.2, 0) is 19.6 Å². The highest BCUT2D eigenvalue weighted by Gasteiger charge is 2.28. The zero-order chi connectivity index (χ0) is 19.5. The number of halogens is 2. The van der Waals surface area contributed by atoms with Gasteiger partial charge in [-0.15, -0.1) is 0 Å². The molecule has 0 aromatic heterocycles. The Bertz CT molecular complexity index is 944. The van der Waals surface area contributed by atoms with E-state index in [1.165, 1.54) is 31.2 Å². The van der Waals surface area contributed by atoms with Crippen molar-refractivity contribution < 1.29 is 18.0 Å². The van der Waals surface area contributed by atoms with Crippen molar-refractivity contribution >= 4 is 55.7 Å². The highest BCUT2D eigenvalue weighted by Crippen LogP contribution is 2.31. The van der Waals surface area contributed by atoms with E-state index in [1.807, 2.05) is 0 Å². The number of amides is 1. The van der Waals surface area contributed by atoms with Crippen molar-refractivity contribution in [1.29, 1.82) is 0 Å². The quantitative estimate of drug-likeness (QED) is 0.732. The summed E-state index contributed by atoms with van der Waals surface area (Å²) in [5.74, 6) is -0.274. The average Bonchev–Trinajstić information content (AvgIpc) is 2.55. The number of hydrogen-bond acceptors (Lipinski definition) is 4. The normalized spacial score (nSPS) is 11.1. The van der Waals surface area contributed by atoms with E-state index in [0.717, 1.165) is 4.31 Å². The maximum absolute atomic E-state index is 13.0. The summed E-state index contributed by atoms with van der Waals surface area (Å²) in [4.78, 5) is 22.5. The molecule has 0 atom stereocenters. The SMILES string of the molecule is CC(=O)Nc1ccc(S(=O)(=O)N(CC(=O)Cl)c2cccc(Cl)c2C)cc1. The monoisotopic (exact) mass is 414 g/mol. The van der Waals surface area contributed by atoms with Crippen LogP contribution in [0.5, 0.6) is 0 Å². The van der Waals surface area contributed by atoms with E-state index in [-0.39, 0.29) is 16.5 Å². The predicted octanol–water partition coefficient (Wildman–Crippen LogP) is 3.57. The first-order valence-corrected chi connectivity index (χ1v) is 9.66. The van der Waals surface area contributed by atoms with Crippen molar-refractivity contribution in [3.8, 4) is 0 Å². The molecule has 0 spiro atoms. The van der Waals surface area contributed by atoms with Crippen molar-refractivity contribution in [3.63, 3.8) is 0 Å². The highest BCUT2D eigenvalue weighted by molar-refractivity contribution is 7.92. The summed E-state index contributed by atoms with van der Waals surface area (Å²) in [5, 5.41) is 2.09. The van der Waals surface area contributed by atoms with Gasteiger partial charge in [0.1, 0.15) is 6.54 Å². The number of rotatable bonds is 6. The van der Waals surface area contributed by atoms with Gasteiger partial charge in [-0.05, 0) is 60.5 Å². The fourth-order valence-electron chi connectivity index (χ4n) is 2.32. The molecule has 6 nitrogen and oxygen atoms in total. The first kappa shape index (κ1) is 20.2. The predicted molar refractivity (Wildman–Crippen MR) is 102 cm³/mol. The number of sulfonamides is 1. The van der Waals surface area contributed by atoms with Crippen LogP contribution in [0.25, 0.3) is 0 Å². The molecule has 0 aliphatic rings. The van der Waals surface area contributed by atoms with Crippen LogP contribution in [0.3, 0.4) is 0 Å². The molecule has 0 radical (unpaired) electrons. The number of nitrogens with zero attached hydrogens (tertiary/aromatic N) is 1. The molecule has 0 unspecified atom stereocenters. The molecule has 9 heteroatoms. The van der Waals surface area contributed by atoms with E-state index in [9.17, 15) is 18.0 Å². The van der Waals surface area contributed by atoms with Gasteiger partial charge >= 0.3 is 0 Å². The lowest BCUT2D eigenvalue weighted by Crippen LogP contribution is -2.35. The van der Waals surface area contributed by atoms with Crippen LogP contribution in [-0.4, -0.2) is 26.1 Å². The van der Waals surface area contributed by atoms with E-state index in [0.29, 0.717) is 16.3 Å². The van der Waals surface area contributed by atoms with Gasteiger partial charge in [-0.25, -0.2) is 8.42 Å². The third-order valence-electron chi connectivity index (χ3n) is 3.54. The zero-order valence-electron chi connectivity index (χ0n) is 14.0. The summed E-state index contributed by atoms with van der Waals surface area (Å²) < 4.78 is 27.0. The Balaban J connectivity index is 2.51. The van der Waals surface area contributed by atoms with Crippen LogP contribution >= 0.6 is 23.2 Å². The summed E-state index contributed by atoms with van der Waals surface area (Å²) in [6.45, 7) is 2.46. The van der Waals surface area contributed by atoms with Crippen LogP contribution in [0.1, 0.15) is 12.5 Å². The maximum Gasteiger partial charge on any atom is 0.264 e. The second-order valence-electron chi connectivity index (χ2n) is 5.46. The Morgan fingerprint density at radius 1 is 1.12 bits per heavy atom.